The highest BCUT2D eigenvalue weighted by Gasteiger charge is 2.26. The first-order valence-corrected chi connectivity index (χ1v) is 15.1. The van der Waals surface area contributed by atoms with Crippen molar-refractivity contribution < 1.29 is 14.6 Å². The lowest BCUT2D eigenvalue weighted by molar-refractivity contribution is -0.138. The van der Waals surface area contributed by atoms with Gasteiger partial charge in [0.2, 0.25) is 0 Å². The summed E-state index contributed by atoms with van der Waals surface area (Å²) in [6.07, 6.45) is 12.4. The number of nitrogens with one attached hydrogen (secondary N) is 1. The van der Waals surface area contributed by atoms with Crippen molar-refractivity contribution in [2.75, 3.05) is 39.3 Å². The average molecular weight is 545 g/mol. The normalized spacial score (nSPS) is 17.6. The van der Waals surface area contributed by atoms with Gasteiger partial charge in [-0.2, -0.15) is 5.10 Å². The molecule has 0 bridgehead atoms. The van der Waals surface area contributed by atoms with Crippen molar-refractivity contribution in [3.8, 4) is 5.75 Å². The highest BCUT2D eigenvalue weighted by atomic mass is 16.5. The van der Waals surface area contributed by atoms with Gasteiger partial charge in [-0.1, -0.05) is 56.2 Å². The van der Waals surface area contributed by atoms with Gasteiger partial charge in [0.15, 0.2) is 0 Å². The lowest BCUT2D eigenvalue weighted by Gasteiger charge is -2.30. The fraction of sp³-hybridized carbons (Fsp3) is 0.515. The van der Waals surface area contributed by atoms with Crippen LogP contribution in [0.25, 0.3) is 17.0 Å². The minimum absolute atomic E-state index is 0.118. The first-order valence-electron chi connectivity index (χ1n) is 15.1. The van der Waals surface area contributed by atoms with Gasteiger partial charge in [-0.05, 0) is 93.5 Å². The van der Waals surface area contributed by atoms with Crippen molar-refractivity contribution in [2.45, 2.75) is 64.3 Å². The van der Waals surface area contributed by atoms with Gasteiger partial charge >= 0.3 is 5.97 Å². The summed E-state index contributed by atoms with van der Waals surface area (Å²) in [6, 6.07) is 15.2. The number of benzene rings is 2. The maximum Gasteiger partial charge on any atom is 0.317 e. The Balaban J connectivity index is 1.36. The van der Waals surface area contributed by atoms with Gasteiger partial charge < -0.3 is 15.2 Å². The van der Waals surface area contributed by atoms with Crippen LogP contribution in [0.5, 0.6) is 5.75 Å². The molecular formula is C33H44N4O3. The van der Waals surface area contributed by atoms with Crippen LogP contribution in [0.2, 0.25) is 0 Å². The Kier molecular flexibility index (Phi) is 9.90. The number of hydrogen-bond donors (Lipinski definition) is 2. The Hall–Kier alpha value is -3.16. The molecule has 0 saturated carbocycles. The second-order valence-electron chi connectivity index (χ2n) is 11.4. The van der Waals surface area contributed by atoms with Crippen molar-refractivity contribution in [2.24, 2.45) is 5.92 Å². The molecule has 7 heteroatoms. The summed E-state index contributed by atoms with van der Waals surface area (Å²) < 4.78 is 8.08. The Morgan fingerprint density at radius 2 is 1.85 bits per heavy atom. The number of aromatic nitrogens is 2. The Labute approximate surface area is 238 Å². The van der Waals surface area contributed by atoms with Crippen LogP contribution in [0.1, 0.15) is 74.6 Å². The molecule has 3 heterocycles. The number of likely N-dealkylation sites (tertiary alicyclic amines) is 1. The monoisotopic (exact) mass is 544 g/mol. The van der Waals surface area contributed by atoms with E-state index in [9.17, 15) is 9.90 Å². The topological polar surface area (TPSA) is 79.6 Å². The Morgan fingerprint density at radius 3 is 2.58 bits per heavy atom. The molecule has 0 amide bonds. The van der Waals surface area contributed by atoms with E-state index < -0.39 is 5.97 Å². The maximum atomic E-state index is 11.2. The summed E-state index contributed by atoms with van der Waals surface area (Å²) in [4.78, 5) is 13.2. The van der Waals surface area contributed by atoms with Crippen molar-refractivity contribution in [3.63, 3.8) is 0 Å². The average Bonchev–Trinajstić information content (AvgIpc) is 3.33. The van der Waals surface area contributed by atoms with Gasteiger partial charge in [-0.25, -0.2) is 0 Å². The molecular weight excluding hydrogens is 500 g/mol. The summed E-state index contributed by atoms with van der Waals surface area (Å²) in [6.45, 7) is 7.56. The second-order valence-corrected chi connectivity index (χ2v) is 11.4. The molecule has 0 radical (unpaired) electrons. The zero-order valence-electron chi connectivity index (χ0n) is 23.9. The number of fused-ring (bicyclic) bond motifs is 1. The quantitative estimate of drug-likeness (QED) is 0.275. The smallest absolute Gasteiger partial charge is 0.317 e. The number of aliphatic carboxylic acids is 1. The van der Waals surface area contributed by atoms with Crippen LogP contribution in [-0.4, -0.2) is 65.1 Å². The first kappa shape index (κ1) is 28.4. The highest BCUT2D eigenvalue weighted by molar-refractivity contribution is 5.85. The molecule has 2 saturated heterocycles. The molecule has 1 aromatic heterocycles. The van der Waals surface area contributed by atoms with Crippen LogP contribution in [-0.2, 0) is 11.3 Å². The van der Waals surface area contributed by atoms with Crippen LogP contribution in [0.3, 0.4) is 0 Å². The largest absolute Gasteiger partial charge is 0.494 e. The molecule has 40 heavy (non-hydrogen) atoms. The van der Waals surface area contributed by atoms with E-state index in [0.717, 1.165) is 69.0 Å². The molecule has 214 valence electrons. The molecule has 0 aliphatic carbocycles. The maximum absolute atomic E-state index is 11.2. The number of nitrogens with zero attached hydrogens (tertiary/aromatic N) is 3. The van der Waals surface area contributed by atoms with Gasteiger partial charge in [0.05, 0.1) is 30.9 Å². The third kappa shape index (κ3) is 7.52. The fourth-order valence-electron chi connectivity index (χ4n) is 5.99. The molecule has 0 unspecified atom stereocenters. The number of piperidine rings is 2. The van der Waals surface area contributed by atoms with Crippen LogP contribution >= 0.6 is 0 Å². The first-order chi connectivity index (χ1) is 19.6. The zero-order valence-corrected chi connectivity index (χ0v) is 23.9. The standard InChI is InChI=1S/C33H44N4O3/c1-2-3-4-21-40-29-10-7-27(8-11-29)23-37-31-22-26(6-5-25-13-17-34-18-14-25)9-12-30(31)33(35-37)28-15-19-36(20-16-28)24-32(38)39/h5-12,22,25,28,34H,2-4,13-21,23-24H2,1H3,(H,38,39)/b6-5+. The minimum atomic E-state index is -0.754. The van der Waals surface area contributed by atoms with Gasteiger partial charge in [0, 0.05) is 11.3 Å². The van der Waals surface area contributed by atoms with E-state index in [0.29, 0.717) is 18.4 Å². The number of ether oxygens (including phenoxy) is 1. The highest BCUT2D eigenvalue weighted by Crippen LogP contribution is 2.34. The van der Waals surface area contributed by atoms with Crippen molar-refractivity contribution >= 4 is 22.9 Å². The van der Waals surface area contributed by atoms with Crippen LogP contribution in [0, 0.1) is 5.92 Å². The van der Waals surface area contributed by atoms with Crippen LogP contribution < -0.4 is 10.1 Å². The molecule has 2 aliphatic heterocycles. The number of unbranched alkanes of at least 4 members (excludes halogenated alkanes) is 2. The van der Waals surface area contributed by atoms with Gasteiger partial charge in [-0.15, -0.1) is 0 Å². The number of carboxylic acid groups (broad SMARTS) is 1. The summed E-state index contributed by atoms with van der Waals surface area (Å²) in [7, 11) is 0. The number of hydrogen-bond acceptors (Lipinski definition) is 5. The lowest BCUT2D eigenvalue weighted by Crippen LogP contribution is -2.36. The number of rotatable bonds is 12. The predicted octanol–water partition coefficient (Wildman–Crippen LogP) is 5.93. The Morgan fingerprint density at radius 1 is 1.07 bits per heavy atom. The molecule has 0 atom stereocenters. The summed E-state index contributed by atoms with van der Waals surface area (Å²) >= 11 is 0. The SMILES string of the molecule is CCCCCOc1ccc(Cn2nc(C3CCN(CC(=O)O)CC3)c3ccc(/C=C/C4CCNCC4)cc32)cc1. The zero-order chi connectivity index (χ0) is 27.7. The number of carboxylic acids is 1. The van der Waals surface area contributed by atoms with Gasteiger partial charge in [0.25, 0.3) is 0 Å². The molecule has 7 nitrogen and oxygen atoms in total. The summed E-state index contributed by atoms with van der Waals surface area (Å²) in [5.74, 6) is 1.14. The van der Waals surface area contributed by atoms with Crippen molar-refractivity contribution in [1.82, 2.24) is 20.0 Å². The van der Waals surface area contributed by atoms with E-state index in [-0.39, 0.29) is 6.54 Å². The van der Waals surface area contributed by atoms with E-state index in [1.54, 1.807) is 0 Å². The van der Waals surface area contributed by atoms with Crippen LogP contribution in [0.4, 0.5) is 0 Å². The third-order valence-electron chi connectivity index (χ3n) is 8.35. The summed E-state index contributed by atoms with van der Waals surface area (Å²) in [5.41, 5.74) is 4.72. The molecule has 5 rings (SSSR count). The van der Waals surface area contributed by atoms with E-state index in [1.807, 2.05) is 4.90 Å². The molecule has 2 fully saturated rings. The van der Waals surface area contributed by atoms with E-state index in [2.05, 4.69) is 71.5 Å². The number of carbonyl (C=O) groups is 1. The lowest BCUT2D eigenvalue weighted by atomic mass is 9.91. The molecule has 0 spiro atoms. The van der Waals surface area contributed by atoms with E-state index in [1.165, 1.54) is 42.2 Å². The Bertz CT molecular complexity index is 1270. The molecule has 3 aromatic rings. The molecule has 2 aromatic carbocycles. The van der Waals surface area contributed by atoms with Gasteiger partial charge in [0.1, 0.15) is 5.75 Å². The fourth-order valence-corrected chi connectivity index (χ4v) is 5.99. The predicted molar refractivity (Wildman–Crippen MR) is 161 cm³/mol. The molecule has 2 aliphatic rings. The van der Waals surface area contributed by atoms with E-state index >= 15 is 0 Å². The second kappa shape index (κ2) is 14.0. The van der Waals surface area contributed by atoms with E-state index in [4.69, 9.17) is 9.84 Å². The van der Waals surface area contributed by atoms with Crippen molar-refractivity contribution in [1.29, 1.82) is 0 Å². The molecule has 2 N–H and O–H groups in total. The summed E-state index contributed by atoms with van der Waals surface area (Å²) in [5, 5.41) is 19.1. The minimum Gasteiger partial charge on any atom is -0.494 e. The third-order valence-corrected chi connectivity index (χ3v) is 8.35. The van der Waals surface area contributed by atoms with Crippen molar-refractivity contribution in [3.05, 3.63) is 65.4 Å². The van der Waals surface area contributed by atoms with Crippen LogP contribution in [0.15, 0.2) is 48.5 Å². The number of allylic oxidation sites excluding steroid dienone is 1. The van der Waals surface area contributed by atoms with Gasteiger partial charge in [-0.3, -0.25) is 14.4 Å².